The minimum atomic E-state index is -5.11. The van der Waals surface area contributed by atoms with Gasteiger partial charge in [0, 0.05) is 0 Å². The molecule has 13 heteroatoms. The van der Waals surface area contributed by atoms with Crippen LogP contribution in [0.5, 0.6) is 5.75 Å². The number of hydrogen-bond donors (Lipinski definition) is 4. The molecule has 2 heterocycles. The standard InChI is InChI=1S/C22H19F3N4O5S/c23-22(24,25)21(32)28-16(20-26-11-17(27-20)13-5-7-15(30)8-6-13)9-12-1-3-14(4-2-12)18-10-19(31)29-35(18,33)34/h1-8,11,16,18,30H,9-10H2,(H,26,27)(H,28,32)(H,29,31). The number of phenolic OH excluding ortho intramolecular Hbond substituents is 1. The topological polar surface area (TPSA) is 141 Å². The van der Waals surface area contributed by atoms with Gasteiger partial charge in [-0.3, -0.25) is 14.3 Å². The fourth-order valence-electron chi connectivity index (χ4n) is 3.71. The second kappa shape index (κ2) is 9.06. The molecule has 1 fully saturated rings. The van der Waals surface area contributed by atoms with Crippen LogP contribution < -0.4 is 10.0 Å². The molecule has 9 nitrogen and oxygen atoms in total. The third kappa shape index (κ3) is 5.45. The number of phenols is 1. The van der Waals surface area contributed by atoms with Crippen LogP contribution in [0.2, 0.25) is 0 Å². The Morgan fingerprint density at radius 2 is 1.80 bits per heavy atom. The zero-order chi connectivity index (χ0) is 25.4. The molecule has 2 unspecified atom stereocenters. The van der Waals surface area contributed by atoms with E-state index in [0.29, 0.717) is 22.4 Å². The molecular weight excluding hydrogens is 489 g/mol. The summed E-state index contributed by atoms with van der Waals surface area (Å²) in [6.45, 7) is 0. The third-order valence-electron chi connectivity index (χ3n) is 5.46. The number of carbonyl (C=O) groups excluding carboxylic acids is 2. The van der Waals surface area contributed by atoms with Crippen LogP contribution in [0.3, 0.4) is 0 Å². The summed E-state index contributed by atoms with van der Waals surface area (Å²) in [6.07, 6.45) is -4.02. The molecule has 184 valence electrons. The van der Waals surface area contributed by atoms with Gasteiger partial charge in [-0.05, 0) is 47.4 Å². The Morgan fingerprint density at radius 1 is 1.14 bits per heavy atom. The van der Waals surface area contributed by atoms with Crippen molar-refractivity contribution in [3.63, 3.8) is 0 Å². The first-order valence-corrected chi connectivity index (χ1v) is 11.8. The predicted octanol–water partition coefficient (Wildman–Crippen LogP) is 2.64. The number of alkyl halides is 3. The third-order valence-corrected chi connectivity index (χ3v) is 7.16. The first kappa shape index (κ1) is 24.3. The minimum absolute atomic E-state index is 0.0396. The largest absolute Gasteiger partial charge is 0.508 e. The molecule has 1 aromatic heterocycles. The highest BCUT2D eigenvalue weighted by Crippen LogP contribution is 2.31. The Labute approximate surface area is 197 Å². The lowest BCUT2D eigenvalue weighted by Crippen LogP contribution is -2.40. The summed E-state index contributed by atoms with van der Waals surface area (Å²) in [4.78, 5) is 30.2. The van der Waals surface area contributed by atoms with E-state index < -0.39 is 39.3 Å². The van der Waals surface area contributed by atoms with Gasteiger partial charge >= 0.3 is 12.1 Å². The first-order valence-electron chi connectivity index (χ1n) is 10.3. The smallest absolute Gasteiger partial charge is 0.471 e. The fourth-order valence-corrected chi connectivity index (χ4v) is 5.14. The van der Waals surface area contributed by atoms with Gasteiger partial charge in [0.25, 0.3) is 0 Å². The Balaban J connectivity index is 1.58. The number of carbonyl (C=O) groups is 2. The molecule has 0 saturated carbocycles. The normalized spacial score (nSPS) is 18.1. The van der Waals surface area contributed by atoms with Crippen molar-refractivity contribution in [2.24, 2.45) is 0 Å². The maximum Gasteiger partial charge on any atom is 0.471 e. The van der Waals surface area contributed by atoms with E-state index in [9.17, 15) is 36.3 Å². The number of rotatable bonds is 6. The summed E-state index contributed by atoms with van der Waals surface area (Å²) in [5.74, 6) is -2.64. The molecule has 35 heavy (non-hydrogen) atoms. The number of sulfonamides is 1. The van der Waals surface area contributed by atoms with Gasteiger partial charge in [0.05, 0.1) is 24.4 Å². The number of aromatic amines is 1. The number of imidazole rings is 1. The highest BCUT2D eigenvalue weighted by molar-refractivity contribution is 7.90. The number of amides is 2. The maximum absolute atomic E-state index is 12.9. The fraction of sp³-hybridized carbons (Fsp3) is 0.227. The number of halogens is 3. The molecule has 3 aromatic rings. The molecule has 4 N–H and O–H groups in total. The lowest BCUT2D eigenvalue weighted by molar-refractivity contribution is -0.174. The summed E-state index contributed by atoms with van der Waals surface area (Å²) in [7, 11) is -3.84. The number of nitrogens with one attached hydrogen (secondary N) is 3. The van der Waals surface area contributed by atoms with E-state index in [1.807, 2.05) is 10.0 Å². The molecule has 1 aliphatic heterocycles. The van der Waals surface area contributed by atoms with Gasteiger partial charge in [0.15, 0.2) is 0 Å². The molecule has 2 aromatic carbocycles. The Hall–Kier alpha value is -3.87. The Morgan fingerprint density at radius 3 is 2.37 bits per heavy atom. The van der Waals surface area contributed by atoms with Crippen LogP contribution in [0, 0.1) is 0 Å². The highest BCUT2D eigenvalue weighted by atomic mass is 32.2. The summed E-state index contributed by atoms with van der Waals surface area (Å²) < 4.78 is 64.9. The van der Waals surface area contributed by atoms with Crippen LogP contribution in [0.4, 0.5) is 13.2 Å². The molecule has 1 aliphatic rings. The minimum Gasteiger partial charge on any atom is -0.508 e. The second-order valence-electron chi connectivity index (χ2n) is 7.96. The molecule has 1 saturated heterocycles. The van der Waals surface area contributed by atoms with Crippen LogP contribution in [0.1, 0.15) is 34.7 Å². The molecule has 0 bridgehead atoms. The molecule has 0 radical (unpaired) electrons. The first-order chi connectivity index (χ1) is 16.4. The number of H-pyrrole nitrogens is 1. The Bertz CT molecular complexity index is 1350. The van der Waals surface area contributed by atoms with Gasteiger partial charge in [-0.25, -0.2) is 13.4 Å². The zero-order valence-electron chi connectivity index (χ0n) is 17.8. The van der Waals surface area contributed by atoms with Gasteiger partial charge < -0.3 is 15.4 Å². The van der Waals surface area contributed by atoms with Crippen molar-refractivity contribution in [2.75, 3.05) is 0 Å². The summed E-state index contributed by atoms with van der Waals surface area (Å²) >= 11 is 0. The van der Waals surface area contributed by atoms with Crippen LogP contribution >= 0.6 is 0 Å². The lowest BCUT2D eigenvalue weighted by Gasteiger charge is -2.18. The van der Waals surface area contributed by atoms with Crippen LogP contribution in [-0.2, 0) is 26.0 Å². The molecular formula is C22H19F3N4O5S. The summed E-state index contributed by atoms with van der Waals surface area (Å²) in [5.41, 5.74) is 1.94. The van der Waals surface area contributed by atoms with E-state index >= 15 is 0 Å². The van der Waals surface area contributed by atoms with Gasteiger partial charge in [0.2, 0.25) is 15.9 Å². The summed E-state index contributed by atoms with van der Waals surface area (Å²) in [6, 6.07) is 10.9. The van der Waals surface area contributed by atoms with Crippen LogP contribution in [-0.4, -0.2) is 41.5 Å². The number of aromatic hydroxyl groups is 1. The van der Waals surface area contributed by atoms with E-state index in [0.717, 1.165) is 0 Å². The molecule has 2 amide bonds. The zero-order valence-corrected chi connectivity index (χ0v) is 18.7. The highest BCUT2D eigenvalue weighted by Gasteiger charge is 2.40. The van der Waals surface area contributed by atoms with Gasteiger partial charge in [-0.2, -0.15) is 13.2 Å². The lowest BCUT2D eigenvalue weighted by atomic mass is 10.0. The molecule has 0 spiro atoms. The van der Waals surface area contributed by atoms with Crippen LogP contribution in [0.15, 0.2) is 54.7 Å². The number of hydrogen-bond acceptors (Lipinski definition) is 6. The molecule has 4 rings (SSSR count). The van der Waals surface area contributed by atoms with Gasteiger partial charge in [-0.15, -0.1) is 0 Å². The molecule has 0 aliphatic carbocycles. The van der Waals surface area contributed by atoms with Gasteiger partial charge in [-0.1, -0.05) is 24.3 Å². The van der Waals surface area contributed by atoms with E-state index in [1.54, 1.807) is 12.1 Å². The SMILES string of the molecule is O=C1CC(c2ccc(CC(NC(=O)C(F)(F)F)c3ncc(-c4ccc(O)cc4)[nH]3)cc2)S(=O)(=O)N1. The van der Waals surface area contributed by atoms with Crippen molar-refractivity contribution in [1.29, 1.82) is 0 Å². The molecule has 2 atom stereocenters. The van der Waals surface area contributed by atoms with Crippen molar-refractivity contribution in [1.82, 2.24) is 20.0 Å². The predicted molar refractivity (Wildman–Crippen MR) is 117 cm³/mol. The average molecular weight is 508 g/mol. The van der Waals surface area contributed by atoms with Crippen LogP contribution in [0.25, 0.3) is 11.3 Å². The van der Waals surface area contributed by atoms with E-state index in [1.165, 1.54) is 42.6 Å². The van der Waals surface area contributed by atoms with Crippen molar-refractivity contribution in [2.45, 2.75) is 30.3 Å². The van der Waals surface area contributed by atoms with E-state index in [4.69, 9.17) is 0 Å². The number of aromatic nitrogens is 2. The Kier molecular flexibility index (Phi) is 6.28. The van der Waals surface area contributed by atoms with Crippen molar-refractivity contribution in [3.05, 3.63) is 71.7 Å². The van der Waals surface area contributed by atoms with Crippen molar-refractivity contribution in [3.8, 4) is 17.0 Å². The maximum atomic E-state index is 12.9. The van der Waals surface area contributed by atoms with Crippen molar-refractivity contribution >= 4 is 21.8 Å². The summed E-state index contributed by atoms with van der Waals surface area (Å²) in [5, 5.41) is 10.3. The van der Waals surface area contributed by atoms with Crippen molar-refractivity contribution < 1.29 is 36.3 Å². The quantitative estimate of drug-likeness (QED) is 0.404. The van der Waals surface area contributed by atoms with Gasteiger partial charge in [0.1, 0.15) is 16.8 Å². The second-order valence-corrected chi connectivity index (χ2v) is 9.82. The average Bonchev–Trinajstić information content (AvgIpc) is 3.37. The van der Waals surface area contributed by atoms with E-state index in [-0.39, 0.29) is 24.4 Å². The number of benzene rings is 2. The number of nitrogens with zero attached hydrogens (tertiary/aromatic N) is 1. The monoisotopic (exact) mass is 508 g/mol. The van der Waals surface area contributed by atoms with E-state index in [2.05, 4.69) is 9.97 Å².